The predicted octanol–water partition coefficient (Wildman–Crippen LogP) is 2.64. The van der Waals surface area contributed by atoms with Gasteiger partial charge in [0.15, 0.2) is 0 Å². The van der Waals surface area contributed by atoms with E-state index in [1.54, 1.807) is 24.3 Å². The van der Waals surface area contributed by atoms with Crippen LogP contribution in [-0.4, -0.2) is 27.6 Å². The minimum absolute atomic E-state index is 0.113. The van der Waals surface area contributed by atoms with Crippen LogP contribution in [0.25, 0.3) is 0 Å². The van der Waals surface area contributed by atoms with Gasteiger partial charge in [0, 0.05) is 12.1 Å². The lowest BCUT2D eigenvalue weighted by molar-refractivity contribution is -0.386. The standard InChI is InChI=1S/C14H12N2O6/c17-13(18)8-9-21-14-11(16(19)20)6-7-12(15-14)22-10-4-2-1-3-5-10/h1-7H,8-9H2,(H,17,18). The lowest BCUT2D eigenvalue weighted by Crippen LogP contribution is -2.07. The summed E-state index contributed by atoms with van der Waals surface area (Å²) in [4.78, 5) is 24.6. The Kier molecular flexibility index (Phi) is 4.86. The first-order chi connectivity index (χ1) is 10.6. The van der Waals surface area contributed by atoms with Crippen molar-refractivity contribution in [2.75, 3.05) is 6.61 Å². The van der Waals surface area contributed by atoms with Crippen molar-refractivity contribution < 1.29 is 24.3 Å². The van der Waals surface area contributed by atoms with Crippen molar-refractivity contribution in [3.05, 3.63) is 52.6 Å². The molecular weight excluding hydrogens is 292 g/mol. The summed E-state index contributed by atoms with van der Waals surface area (Å²) in [6.07, 6.45) is -0.289. The molecule has 8 heteroatoms. The summed E-state index contributed by atoms with van der Waals surface area (Å²) >= 11 is 0. The highest BCUT2D eigenvalue weighted by atomic mass is 16.6. The van der Waals surface area contributed by atoms with Crippen LogP contribution < -0.4 is 9.47 Å². The van der Waals surface area contributed by atoms with Gasteiger partial charge in [0.25, 0.3) is 5.88 Å². The van der Waals surface area contributed by atoms with E-state index in [0.717, 1.165) is 0 Å². The number of pyridine rings is 1. The van der Waals surface area contributed by atoms with E-state index in [9.17, 15) is 14.9 Å². The van der Waals surface area contributed by atoms with Gasteiger partial charge < -0.3 is 14.6 Å². The summed E-state index contributed by atoms with van der Waals surface area (Å²) in [6, 6.07) is 11.3. The van der Waals surface area contributed by atoms with E-state index in [0.29, 0.717) is 5.75 Å². The fourth-order valence-electron chi connectivity index (χ4n) is 1.56. The third-order valence-electron chi connectivity index (χ3n) is 2.53. The zero-order chi connectivity index (χ0) is 15.9. The molecular formula is C14H12N2O6. The van der Waals surface area contributed by atoms with Crippen LogP contribution in [0.3, 0.4) is 0 Å². The minimum atomic E-state index is -1.07. The van der Waals surface area contributed by atoms with Crippen LogP contribution in [0.5, 0.6) is 17.5 Å². The predicted molar refractivity (Wildman–Crippen MR) is 75.2 cm³/mol. The van der Waals surface area contributed by atoms with Crippen molar-refractivity contribution in [3.63, 3.8) is 0 Å². The van der Waals surface area contributed by atoms with Gasteiger partial charge in [-0.1, -0.05) is 18.2 Å². The second-order valence-electron chi connectivity index (χ2n) is 4.14. The van der Waals surface area contributed by atoms with E-state index in [-0.39, 0.29) is 30.5 Å². The summed E-state index contributed by atoms with van der Waals surface area (Å²) < 4.78 is 10.5. The fourth-order valence-corrected chi connectivity index (χ4v) is 1.56. The minimum Gasteiger partial charge on any atom is -0.481 e. The van der Waals surface area contributed by atoms with Crippen LogP contribution in [0.2, 0.25) is 0 Å². The lowest BCUT2D eigenvalue weighted by Gasteiger charge is -2.08. The number of hydrogen-bond donors (Lipinski definition) is 1. The van der Waals surface area contributed by atoms with E-state index < -0.39 is 10.9 Å². The molecule has 114 valence electrons. The van der Waals surface area contributed by atoms with Gasteiger partial charge in [-0.25, -0.2) is 0 Å². The molecule has 0 fully saturated rings. The van der Waals surface area contributed by atoms with Crippen LogP contribution in [-0.2, 0) is 4.79 Å². The Balaban J connectivity index is 2.18. The maximum Gasteiger partial charge on any atom is 0.331 e. The third kappa shape index (κ3) is 4.17. The Morgan fingerprint density at radius 2 is 1.95 bits per heavy atom. The van der Waals surface area contributed by atoms with Crippen molar-refractivity contribution in [2.45, 2.75) is 6.42 Å². The van der Waals surface area contributed by atoms with Crippen LogP contribution in [0.15, 0.2) is 42.5 Å². The molecule has 1 heterocycles. The number of nitrogens with zero attached hydrogens (tertiary/aromatic N) is 2. The highest BCUT2D eigenvalue weighted by Crippen LogP contribution is 2.29. The number of nitro groups is 1. The Labute approximate surface area is 125 Å². The molecule has 8 nitrogen and oxygen atoms in total. The van der Waals surface area contributed by atoms with E-state index in [1.165, 1.54) is 12.1 Å². The number of benzene rings is 1. The van der Waals surface area contributed by atoms with Crippen molar-refractivity contribution >= 4 is 11.7 Å². The SMILES string of the molecule is O=C(O)CCOc1nc(Oc2ccccc2)ccc1[N+](=O)[O-]. The average Bonchev–Trinajstić information content (AvgIpc) is 2.48. The smallest absolute Gasteiger partial charge is 0.331 e. The van der Waals surface area contributed by atoms with Crippen molar-refractivity contribution in [1.82, 2.24) is 4.98 Å². The highest BCUT2D eigenvalue weighted by molar-refractivity contribution is 5.66. The largest absolute Gasteiger partial charge is 0.481 e. The quantitative estimate of drug-likeness (QED) is 0.618. The average molecular weight is 304 g/mol. The van der Waals surface area contributed by atoms with Gasteiger partial charge in [-0.15, -0.1) is 0 Å². The Bertz CT molecular complexity index is 674. The van der Waals surface area contributed by atoms with Gasteiger partial charge in [-0.2, -0.15) is 4.98 Å². The van der Waals surface area contributed by atoms with Crippen LogP contribution in [0.4, 0.5) is 5.69 Å². The number of carbonyl (C=O) groups is 1. The number of carboxylic acids is 1. The molecule has 0 saturated heterocycles. The first kappa shape index (κ1) is 15.2. The number of ether oxygens (including phenoxy) is 2. The lowest BCUT2D eigenvalue weighted by atomic mass is 10.3. The maximum atomic E-state index is 10.9. The summed E-state index contributed by atoms with van der Waals surface area (Å²) in [6.45, 7) is -0.224. The van der Waals surface area contributed by atoms with Gasteiger partial charge in [-0.3, -0.25) is 14.9 Å². The molecule has 0 spiro atoms. The molecule has 22 heavy (non-hydrogen) atoms. The molecule has 2 rings (SSSR count). The molecule has 0 radical (unpaired) electrons. The molecule has 0 aliphatic carbocycles. The Morgan fingerprint density at radius 3 is 2.59 bits per heavy atom. The maximum absolute atomic E-state index is 10.9. The molecule has 2 aromatic rings. The van der Waals surface area contributed by atoms with E-state index in [4.69, 9.17) is 14.6 Å². The molecule has 0 aliphatic rings. The molecule has 0 amide bonds. The highest BCUT2D eigenvalue weighted by Gasteiger charge is 2.18. The number of aromatic nitrogens is 1. The monoisotopic (exact) mass is 304 g/mol. The first-order valence-electron chi connectivity index (χ1n) is 6.29. The van der Waals surface area contributed by atoms with Gasteiger partial charge in [-0.05, 0) is 12.1 Å². The van der Waals surface area contributed by atoms with Crippen molar-refractivity contribution in [1.29, 1.82) is 0 Å². The number of para-hydroxylation sites is 1. The summed E-state index contributed by atoms with van der Waals surface area (Å²) in [5.74, 6) is -0.721. The summed E-state index contributed by atoms with van der Waals surface area (Å²) in [7, 11) is 0. The second-order valence-corrected chi connectivity index (χ2v) is 4.14. The van der Waals surface area contributed by atoms with Crippen LogP contribution in [0.1, 0.15) is 6.42 Å². The second kappa shape index (κ2) is 7.02. The van der Waals surface area contributed by atoms with Crippen molar-refractivity contribution in [3.8, 4) is 17.5 Å². The summed E-state index contributed by atoms with van der Waals surface area (Å²) in [5, 5.41) is 19.5. The van der Waals surface area contributed by atoms with Gasteiger partial charge in [0.1, 0.15) is 12.4 Å². The molecule has 1 aromatic heterocycles. The van der Waals surface area contributed by atoms with E-state index >= 15 is 0 Å². The van der Waals surface area contributed by atoms with E-state index in [2.05, 4.69) is 4.98 Å². The zero-order valence-electron chi connectivity index (χ0n) is 11.3. The number of rotatable bonds is 7. The molecule has 0 bridgehead atoms. The van der Waals surface area contributed by atoms with Crippen molar-refractivity contribution in [2.24, 2.45) is 0 Å². The topological polar surface area (TPSA) is 112 Å². The van der Waals surface area contributed by atoms with Gasteiger partial charge in [0.05, 0.1) is 11.3 Å². The van der Waals surface area contributed by atoms with Crippen LogP contribution in [0, 0.1) is 10.1 Å². The summed E-state index contributed by atoms with van der Waals surface area (Å²) in [5.41, 5.74) is -0.356. The molecule has 0 saturated carbocycles. The normalized spacial score (nSPS) is 10.0. The number of aliphatic carboxylic acids is 1. The van der Waals surface area contributed by atoms with Crippen LogP contribution >= 0.6 is 0 Å². The fraction of sp³-hybridized carbons (Fsp3) is 0.143. The number of carboxylic acid groups (broad SMARTS) is 1. The zero-order valence-corrected chi connectivity index (χ0v) is 11.3. The third-order valence-corrected chi connectivity index (χ3v) is 2.53. The molecule has 1 N–H and O–H groups in total. The van der Waals surface area contributed by atoms with E-state index in [1.807, 2.05) is 6.07 Å². The molecule has 0 unspecified atom stereocenters. The Morgan fingerprint density at radius 1 is 1.23 bits per heavy atom. The first-order valence-corrected chi connectivity index (χ1v) is 6.29. The van der Waals surface area contributed by atoms with Gasteiger partial charge >= 0.3 is 11.7 Å². The molecule has 0 atom stereocenters. The Hall–Kier alpha value is -3.16. The van der Waals surface area contributed by atoms with Gasteiger partial charge in [0.2, 0.25) is 5.88 Å². The molecule has 0 aliphatic heterocycles. The molecule has 1 aromatic carbocycles. The number of hydrogen-bond acceptors (Lipinski definition) is 6.